The Bertz CT molecular complexity index is 1230. The first-order chi connectivity index (χ1) is 14.6. The van der Waals surface area contributed by atoms with E-state index < -0.39 is 0 Å². The predicted octanol–water partition coefficient (Wildman–Crippen LogP) is 4.22. The van der Waals surface area contributed by atoms with E-state index in [1.165, 1.54) is 13.1 Å². The molecule has 0 atom stereocenters. The van der Waals surface area contributed by atoms with E-state index in [-0.39, 0.29) is 11.8 Å². The molecule has 148 valence electrons. The molecule has 0 aliphatic rings. The van der Waals surface area contributed by atoms with Crippen molar-refractivity contribution in [3.63, 3.8) is 0 Å². The van der Waals surface area contributed by atoms with Crippen molar-refractivity contribution in [3.05, 3.63) is 84.1 Å². The number of para-hydroxylation sites is 1. The van der Waals surface area contributed by atoms with Crippen molar-refractivity contribution in [2.75, 3.05) is 5.32 Å². The molecule has 0 saturated carbocycles. The number of furan rings is 1. The largest absolute Gasteiger partial charge is 0.463 e. The van der Waals surface area contributed by atoms with Crippen LogP contribution in [0.25, 0.3) is 22.4 Å². The third-order valence-electron chi connectivity index (χ3n) is 4.35. The zero-order valence-corrected chi connectivity index (χ0v) is 16.1. The average molecular weight is 398 g/mol. The van der Waals surface area contributed by atoms with Gasteiger partial charge in [0.1, 0.15) is 5.69 Å². The second-order valence-corrected chi connectivity index (χ2v) is 6.55. The van der Waals surface area contributed by atoms with Gasteiger partial charge in [-0.05, 0) is 42.0 Å². The standard InChI is InChI=1S/C23H18N4O3/c1-15(28)25-17-10-8-16(9-11-17)14-24-27-23(29)19-13-21(22-7-4-12-30-22)26-20-6-3-2-5-18(19)20/h2-14H,1H3,(H,25,28)(H,27,29)/b24-14-. The second kappa shape index (κ2) is 8.40. The molecule has 30 heavy (non-hydrogen) atoms. The smallest absolute Gasteiger partial charge is 0.272 e. The summed E-state index contributed by atoms with van der Waals surface area (Å²) in [6.45, 7) is 1.45. The maximum Gasteiger partial charge on any atom is 0.272 e. The normalized spacial score (nSPS) is 11.0. The maximum atomic E-state index is 12.8. The van der Waals surface area contributed by atoms with Gasteiger partial charge in [-0.15, -0.1) is 0 Å². The molecule has 2 aromatic carbocycles. The lowest BCUT2D eigenvalue weighted by atomic mass is 10.1. The number of benzene rings is 2. The summed E-state index contributed by atoms with van der Waals surface area (Å²) < 4.78 is 5.43. The van der Waals surface area contributed by atoms with E-state index in [0.29, 0.717) is 28.2 Å². The number of hydrogen-bond donors (Lipinski definition) is 2. The van der Waals surface area contributed by atoms with Gasteiger partial charge in [0.2, 0.25) is 5.91 Å². The average Bonchev–Trinajstić information content (AvgIpc) is 3.29. The summed E-state index contributed by atoms with van der Waals surface area (Å²) in [6.07, 6.45) is 3.10. The number of hydrogen-bond acceptors (Lipinski definition) is 5. The Morgan fingerprint density at radius 1 is 1.03 bits per heavy atom. The van der Waals surface area contributed by atoms with Gasteiger partial charge in [-0.2, -0.15) is 5.10 Å². The van der Waals surface area contributed by atoms with E-state index in [1.807, 2.05) is 24.3 Å². The summed E-state index contributed by atoms with van der Waals surface area (Å²) >= 11 is 0. The highest BCUT2D eigenvalue weighted by Crippen LogP contribution is 2.25. The first-order valence-electron chi connectivity index (χ1n) is 9.25. The molecule has 0 spiro atoms. The minimum absolute atomic E-state index is 0.137. The van der Waals surface area contributed by atoms with E-state index in [2.05, 4.69) is 20.8 Å². The molecule has 7 nitrogen and oxygen atoms in total. The Morgan fingerprint density at radius 3 is 2.57 bits per heavy atom. The van der Waals surface area contributed by atoms with Crippen LogP contribution in [0.3, 0.4) is 0 Å². The van der Waals surface area contributed by atoms with Gasteiger partial charge in [-0.3, -0.25) is 9.59 Å². The number of nitrogens with zero attached hydrogens (tertiary/aromatic N) is 2. The first kappa shape index (κ1) is 19.1. The molecule has 0 bridgehead atoms. The zero-order chi connectivity index (χ0) is 20.9. The highest BCUT2D eigenvalue weighted by atomic mass is 16.3. The van der Waals surface area contributed by atoms with Crippen LogP contribution in [0.5, 0.6) is 0 Å². The molecule has 2 N–H and O–H groups in total. The van der Waals surface area contributed by atoms with E-state index >= 15 is 0 Å². The summed E-state index contributed by atoms with van der Waals surface area (Å²) in [5.41, 5.74) is 5.74. The SMILES string of the molecule is CC(=O)Nc1ccc(/C=N\NC(=O)c2cc(-c3ccco3)nc3ccccc23)cc1. The third-order valence-corrected chi connectivity index (χ3v) is 4.35. The molecular formula is C23H18N4O3. The van der Waals surface area contributed by atoms with Crippen LogP contribution in [-0.4, -0.2) is 23.0 Å². The van der Waals surface area contributed by atoms with Crippen molar-refractivity contribution in [1.29, 1.82) is 0 Å². The van der Waals surface area contributed by atoms with Gasteiger partial charge < -0.3 is 9.73 Å². The van der Waals surface area contributed by atoms with Gasteiger partial charge in [0.15, 0.2) is 5.76 Å². The molecule has 0 aliphatic carbocycles. The van der Waals surface area contributed by atoms with Crippen LogP contribution in [0.2, 0.25) is 0 Å². The lowest BCUT2D eigenvalue weighted by Gasteiger charge is -2.07. The number of anilines is 1. The molecule has 2 amide bonds. The number of pyridine rings is 1. The number of carbonyl (C=O) groups is 2. The number of fused-ring (bicyclic) bond motifs is 1. The van der Waals surface area contributed by atoms with Crippen molar-refractivity contribution < 1.29 is 14.0 Å². The number of amides is 2. The molecule has 2 aromatic heterocycles. The number of carbonyl (C=O) groups excluding carboxylic acids is 2. The first-order valence-corrected chi connectivity index (χ1v) is 9.25. The van der Waals surface area contributed by atoms with Gasteiger partial charge in [0, 0.05) is 18.0 Å². The van der Waals surface area contributed by atoms with Crippen LogP contribution in [0.1, 0.15) is 22.8 Å². The van der Waals surface area contributed by atoms with Gasteiger partial charge >= 0.3 is 0 Å². The number of nitrogens with one attached hydrogen (secondary N) is 2. The number of rotatable bonds is 5. The maximum absolute atomic E-state index is 12.8. The Balaban J connectivity index is 1.56. The second-order valence-electron chi connectivity index (χ2n) is 6.55. The van der Waals surface area contributed by atoms with Crippen molar-refractivity contribution in [3.8, 4) is 11.5 Å². The van der Waals surface area contributed by atoms with Crippen LogP contribution in [0, 0.1) is 0 Å². The Morgan fingerprint density at radius 2 is 1.83 bits per heavy atom. The summed E-state index contributed by atoms with van der Waals surface area (Å²) in [6, 6.07) is 19.8. The Kier molecular flexibility index (Phi) is 5.34. The number of aromatic nitrogens is 1. The van der Waals surface area contributed by atoms with Gasteiger partial charge in [0.05, 0.1) is 23.6 Å². The van der Waals surface area contributed by atoms with Crippen LogP contribution >= 0.6 is 0 Å². The summed E-state index contributed by atoms with van der Waals surface area (Å²) in [4.78, 5) is 28.5. The fourth-order valence-electron chi connectivity index (χ4n) is 3.00. The van der Waals surface area contributed by atoms with Crippen molar-refractivity contribution in [1.82, 2.24) is 10.4 Å². The van der Waals surface area contributed by atoms with E-state index in [4.69, 9.17) is 4.42 Å². The summed E-state index contributed by atoms with van der Waals surface area (Å²) in [5, 5.41) is 7.47. The molecule has 0 saturated heterocycles. The molecule has 0 fully saturated rings. The lowest BCUT2D eigenvalue weighted by Crippen LogP contribution is -2.18. The highest BCUT2D eigenvalue weighted by molar-refractivity contribution is 6.07. The molecule has 0 radical (unpaired) electrons. The topological polar surface area (TPSA) is 96.6 Å². The molecular weight excluding hydrogens is 380 g/mol. The molecule has 0 aliphatic heterocycles. The van der Waals surface area contributed by atoms with Gasteiger partial charge in [0.25, 0.3) is 5.91 Å². The van der Waals surface area contributed by atoms with E-state index in [9.17, 15) is 9.59 Å². The third kappa shape index (κ3) is 4.25. The predicted molar refractivity (Wildman–Crippen MR) is 115 cm³/mol. The highest BCUT2D eigenvalue weighted by Gasteiger charge is 2.14. The lowest BCUT2D eigenvalue weighted by molar-refractivity contribution is -0.114. The van der Waals surface area contributed by atoms with E-state index in [1.54, 1.807) is 48.7 Å². The fraction of sp³-hybridized carbons (Fsp3) is 0.0435. The minimum atomic E-state index is -0.354. The minimum Gasteiger partial charge on any atom is -0.463 e. The molecule has 7 heteroatoms. The van der Waals surface area contributed by atoms with Gasteiger partial charge in [-0.25, -0.2) is 10.4 Å². The van der Waals surface area contributed by atoms with Gasteiger partial charge in [-0.1, -0.05) is 30.3 Å². The summed E-state index contributed by atoms with van der Waals surface area (Å²) in [7, 11) is 0. The van der Waals surface area contributed by atoms with Crippen LogP contribution in [0.15, 0.2) is 82.5 Å². The molecule has 4 rings (SSSR count). The Labute approximate surface area is 172 Å². The quantitative estimate of drug-likeness (QED) is 0.389. The van der Waals surface area contributed by atoms with Crippen molar-refractivity contribution >= 4 is 34.6 Å². The molecule has 4 aromatic rings. The number of hydrazone groups is 1. The van der Waals surface area contributed by atoms with Crippen LogP contribution < -0.4 is 10.7 Å². The molecule has 0 unspecified atom stereocenters. The zero-order valence-electron chi connectivity index (χ0n) is 16.1. The summed E-state index contributed by atoms with van der Waals surface area (Å²) in [5.74, 6) is 0.0901. The van der Waals surface area contributed by atoms with Crippen molar-refractivity contribution in [2.24, 2.45) is 5.10 Å². The molecule has 2 heterocycles. The van der Waals surface area contributed by atoms with E-state index in [0.717, 1.165) is 10.9 Å². The fourth-order valence-corrected chi connectivity index (χ4v) is 3.00. The Hall–Kier alpha value is -4.26. The van der Waals surface area contributed by atoms with Crippen LogP contribution in [0.4, 0.5) is 5.69 Å². The monoisotopic (exact) mass is 398 g/mol. The van der Waals surface area contributed by atoms with Crippen LogP contribution in [-0.2, 0) is 4.79 Å². The van der Waals surface area contributed by atoms with Crippen molar-refractivity contribution in [2.45, 2.75) is 6.92 Å².